The number of hydrogen-bond donors (Lipinski definition) is 3. The molecule has 0 bridgehead atoms. The van der Waals surface area contributed by atoms with Gasteiger partial charge in [-0.05, 0) is 18.2 Å². The predicted octanol–water partition coefficient (Wildman–Crippen LogP) is 3.38. The van der Waals surface area contributed by atoms with Crippen molar-refractivity contribution in [3.63, 3.8) is 0 Å². The van der Waals surface area contributed by atoms with E-state index in [2.05, 4.69) is 15.6 Å². The molecule has 0 amide bonds. The van der Waals surface area contributed by atoms with Gasteiger partial charge in [0.1, 0.15) is 5.75 Å². The lowest BCUT2D eigenvalue weighted by molar-refractivity contribution is 0.409. The van der Waals surface area contributed by atoms with Crippen LogP contribution in [0.4, 0.5) is 5.69 Å². The van der Waals surface area contributed by atoms with Gasteiger partial charge in [0.25, 0.3) is 0 Å². The molecule has 116 valence electrons. The summed E-state index contributed by atoms with van der Waals surface area (Å²) in [5.74, 6) is 1.02. The first-order valence-electron chi connectivity index (χ1n) is 7.32. The largest absolute Gasteiger partial charge is 0.496 e. The maximum Gasteiger partial charge on any atom is 0.193 e. The fourth-order valence-electron chi connectivity index (χ4n) is 2.36. The van der Waals surface area contributed by atoms with Crippen LogP contribution >= 0.6 is 0 Å². The third-order valence-corrected chi connectivity index (χ3v) is 3.51. The van der Waals surface area contributed by atoms with E-state index in [0.717, 1.165) is 27.9 Å². The van der Waals surface area contributed by atoms with Crippen molar-refractivity contribution in [2.24, 2.45) is 0 Å². The van der Waals surface area contributed by atoms with Gasteiger partial charge < -0.3 is 15.4 Å². The van der Waals surface area contributed by atoms with Gasteiger partial charge in [-0.25, -0.2) is 0 Å². The van der Waals surface area contributed by atoms with Crippen LogP contribution < -0.4 is 15.4 Å². The summed E-state index contributed by atoms with van der Waals surface area (Å²) in [5.41, 5.74) is 2.71. The Kier molecular flexibility index (Phi) is 4.38. The smallest absolute Gasteiger partial charge is 0.193 e. The molecule has 0 fully saturated rings. The van der Waals surface area contributed by atoms with E-state index in [-0.39, 0.29) is 5.96 Å². The number of methoxy groups -OCH3 is 1. The van der Waals surface area contributed by atoms with E-state index in [1.54, 1.807) is 13.3 Å². The molecule has 0 aliphatic carbocycles. The Bertz CT molecular complexity index is 832. The van der Waals surface area contributed by atoms with Crippen LogP contribution in [0.25, 0.3) is 10.9 Å². The van der Waals surface area contributed by atoms with Gasteiger partial charge in [-0.1, -0.05) is 36.4 Å². The molecule has 0 saturated heterocycles. The summed E-state index contributed by atoms with van der Waals surface area (Å²) in [7, 11) is 1.64. The molecule has 0 saturated carbocycles. The fraction of sp³-hybridized carbons (Fsp3) is 0.111. The number of nitrogens with one attached hydrogen (secondary N) is 3. The van der Waals surface area contributed by atoms with Crippen LogP contribution in [0, 0.1) is 5.41 Å². The first-order chi connectivity index (χ1) is 11.3. The summed E-state index contributed by atoms with van der Waals surface area (Å²) < 4.78 is 5.30. The topological polar surface area (TPSA) is 70.0 Å². The molecule has 0 atom stereocenters. The Balaban J connectivity index is 1.64. The van der Waals surface area contributed by atoms with Crippen molar-refractivity contribution < 1.29 is 4.74 Å². The Morgan fingerprint density at radius 3 is 2.78 bits per heavy atom. The average molecular weight is 306 g/mol. The molecule has 0 aliphatic heterocycles. The Morgan fingerprint density at radius 1 is 1.13 bits per heavy atom. The third kappa shape index (κ3) is 3.58. The minimum atomic E-state index is 0.216. The average Bonchev–Trinajstić information content (AvgIpc) is 2.60. The Labute approximate surface area is 134 Å². The molecule has 0 radical (unpaired) electrons. The Morgan fingerprint density at radius 2 is 1.91 bits per heavy atom. The van der Waals surface area contributed by atoms with Crippen molar-refractivity contribution >= 4 is 22.5 Å². The number of fused-ring (bicyclic) bond motifs is 1. The van der Waals surface area contributed by atoms with Gasteiger partial charge in [0.2, 0.25) is 0 Å². The first-order valence-corrected chi connectivity index (χ1v) is 7.32. The summed E-state index contributed by atoms with van der Waals surface area (Å²) in [6, 6.07) is 17.6. The van der Waals surface area contributed by atoms with Crippen molar-refractivity contribution in [3.05, 3.63) is 66.4 Å². The van der Waals surface area contributed by atoms with Crippen LogP contribution in [0.15, 0.2) is 60.8 Å². The molecule has 0 aliphatic rings. The number of anilines is 1. The van der Waals surface area contributed by atoms with Crippen LogP contribution in [-0.2, 0) is 6.54 Å². The minimum Gasteiger partial charge on any atom is -0.496 e. The van der Waals surface area contributed by atoms with Crippen LogP contribution in [0.1, 0.15) is 5.56 Å². The highest BCUT2D eigenvalue weighted by atomic mass is 16.5. The molecular formula is C18H18N4O. The summed E-state index contributed by atoms with van der Waals surface area (Å²) in [4.78, 5) is 4.37. The second kappa shape index (κ2) is 6.79. The maximum absolute atomic E-state index is 8.02. The maximum atomic E-state index is 8.02. The molecule has 3 aromatic rings. The number of para-hydroxylation sites is 2. The summed E-state index contributed by atoms with van der Waals surface area (Å²) in [5, 5.41) is 15.1. The highest BCUT2D eigenvalue weighted by Crippen LogP contribution is 2.17. The van der Waals surface area contributed by atoms with E-state index in [1.165, 1.54) is 0 Å². The number of aromatic nitrogens is 1. The molecule has 3 N–H and O–H groups in total. The summed E-state index contributed by atoms with van der Waals surface area (Å²) >= 11 is 0. The van der Waals surface area contributed by atoms with Gasteiger partial charge in [-0.2, -0.15) is 0 Å². The lowest BCUT2D eigenvalue weighted by Gasteiger charge is -2.12. The van der Waals surface area contributed by atoms with Gasteiger partial charge in [0, 0.05) is 17.5 Å². The zero-order valence-electron chi connectivity index (χ0n) is 12.8. The van der Waals surface area contributed by atoms with Gasteiger partial charge in [0.05, 0.1) is 24.5 Å². The van der Waals surface area contributed by atoms with Crippen molar-refractivity contribution in [2.75, 3.05) is 12.4 Å². The van der Waals surface area contributed by atoms with E-state index < -0.39 is 0 Å². The van der Waals surface area contributed by atoms with E-state index in [1.807, 2.05) is 54.6 Å². The fourth-order valence-corrected chi connectivity index (χ4v) is 2.36. The lowest BCUT2D eigenvalue weighted by Crippen LogP contribution is -2.29. The van der Waals surface area contributed by atoms with Crippen molar-refractivity contribution in [3.8, 4) is 5.75 Å². The predicted molar refractivity (Wildman–Crippen MR) is 92.9 cm³/mol. The second-order valence-corrected chi connectivity index (χ2v) is 5.08. The quantitative estimate of drug-likeness (QED) is 0.510. The summed E-state index contributed by atoms with van der Waals surface area (Å²) in [6.45, 7) is 0.511. The van der Waals surface area contributed by atoms with E-state index >= 15 is 0 Å². The number of benzene rings is 2. The van der Waals surface area contributed by atoms with E-state index in [0.29, 0.717) is 6.54 Å². The molecule has 5 nitrogen and oxygen atoms in total. The van der Waals surface area contributed by atoms with Crippen molar-refractivity contribution in [1.29, 1.82) is 5.41 Å². The molecule has 0 spiro atoms. The number of guanidine groups is 1. The van der Waals surface area contributed by atoms with E-state index in [4.69, 9.17) is 10.1 Å². The molecule has 5 heteroatoms. The van der Waals surface area contributed by atoms with Crippen LogP contribution in [-0.4, -0.2) is 18.1 Å². The standard InChI is InChI=1S/C18H18N4O/c1-23-17-9-5-3-7-14(17)11-21-18(19)22-15-10-13-6-2-4-8-16(13)20-12-15/h2-10,12H,11H2,1H3,(H3,19,21,22). The molecule has 3 rings (SSSR count). The zero-order valence-corrected chi connectivity index (χ0v) is 12.8. The van der Waals surface area contributed by atoms with Crippen molar-refractivity contribution in [1.82, 2.24) is 10.3 Å². The first kappa shape index (κ1) is 14.8. The lowest BCUT2D eigenvalue weighted by atomic mass is 10.2. The molecule has 23 heavy (non-hydrogen) atoms. The Hall–Kier alpha value is -3.08. The van der Waals surface area contributed by atoms with Crippen molar-refractivity contribution in [2.45, 2.75) is 6.54 Å². The summed E-state index contributed by atoms with van der Waals surface area (Å²) in [6.07, 6.45) is 1.72. The minimum absolute atomic E-state index is 0.216. The highest BCUT2D eigenvalue weighted by molar-refractivity contribution is 5.93. The number of rotatable bonds is 4. The third-order valence-electron chi connectivity index (χ3n) is 3.51. The van der Waals surface area contributed by atoms with E-state index in [9.17, 15) is 0 Å². The monoisotopic (exact) mass is 306 g/mol. The number of pyridine rings is 1. The number of ether oxygens (including phenoxy) is 1. The second-order valence-electron chi connectivity index (χ2n) is 5.08. The van der Waals surface area contributed by atoms with Crippen LogP contribution in [0.3, 0.4) is 0 Å². The van der Waals surface area contributed by atoms with Crippen LogP contribution in [0.5, 0.6) is 5.75 Å². The normalized spacial score (nSPS) is 10.3. The number of hydrogen-bond acceptors (Lipinski definition) is 3. The number of nitrogens with zero attached hydrogens (tertiary/aromatic N) is 1. The SMILES string of the molecule is COc1ccccc1CNC(=N)Nc1cnc2ccccc2c1. The highest BCUT2D eigenvalue weighted by Gasteiger charge is 2.04. The van der Waals surface area contributed by atoms with Gasteiger partial charge >= 0.3 is 0 Å². The molecule has 1 heterocycles. The molecule has 2 aromatic carbocycles. The van der Waals surface area contributed by atoms with Gasteiger partial charge in [-0.15, -0.1) is 0 Å². The van der Waals surface area contributed by atoms with Crippen LogP contribution in [0.2, 0.25) is 0 Å². The van der Waals surface area contributed by atoms with Gasteiger partial charge in [0.15, 0.2) is 5.96 Å². The zero-order chi connectivity index (χ0) is 16.1. The molecular weight excluding hydrogens is 288 g/mol. The molecule has 0 unspecified atom stereocenters. The van der Waals surface area contributed by atoms with Gasteiger partial charge in [-0.3, -0.25) is 10.4 Å². The molecule has 1 aromatic heterocycles.